The van der Waals surface area contributed by atoms with Crippen molar-refractivity contribution in [2.45, 2.75) is 25.5 Å². The Labute approximate surface area is 101 Å². The first-order valence-electron chi connectivity index (χ1n) is 5.82. The highest BCUT2D eigenvalue weighted by molar-refractivity contribution is 7.98. The van der Waals surface area contributed by atoms with Crippen molar-refractivity contribution in [2.75, 3.05) is 5.75 Å². The lowest BCUT2D eigenvalue weighted by Gasteiger charge is -2.02. The SMILES string of the molecule is CCCCSCc1ccc2ccccc2n1. The standard InChI is InChI=1S/C14H17NS/c1-2-3-10-16-11-13-9-8-12-6-4-5-7-14(12)15-13/h4-9H,2-3,10-11H2,1H3. The molecule has 0 unspecified atom stereocenters. The Morgan fingerprint density at radius 3 is 2.88 bits per heavy atom. The van der Waals surface area contributed by atoms with Gasteiger partial charge >= 0.3 is 0 Å². The number of thioether (sulfide) groups is 1. The van der Waals surface area contributed by atoms with Crippen molar-refractivity contribution in [3.63, 3.8) is 0 Å². The van der Waals surface area contributed by atoms with Crippen molar-refractivity contribution in [3.8, 4) is 0 Å². The summed E-state index contributed by atoms with van der Waals surface area (Å²) in [5.41, 5.74) is 2.30. The van der Waals surface area contributed by atoms with E-state index in [1.807, 2.05) is 17.8 Å². The fourth-order valence-electron chi connectivity index (χ4n) is 1.61. The van der Waals surface area contributed by atoms with Gasteiger partial charge in [0.25, 0.3) is 0 Å². The Hall–Kier alpha value is -1.02. The number of hydrogen-bond donors (Lipinski definition) is 0. The molecule has 2 rings (SSSR count). The summed E-state index contributed by atoms with van der Waals surface area (Å²) in [4.78, 5) is 4.65. The number of pyridine rings is 1. The zero-order valence-corrected chi connectivity index (χ0v) is 10.5. The molecule has 0 radical (unpaired) electrons. The Morgan fingerprint density at radius 2 is 2.00 bits per heavy atom. The lowest BCUT2D eigenvalue weighted by molar-refractivity contribution is 0.895. The molecule has 1 aromatic heterocycles. The van der Waals surface area contributed by atoms with Crippen LogP contribution in [0, 0.1) is 0 Å². The Morgan fingerprint density at radius 1 is 1.12 bits per heavy atom. The van der Waals surface area contributed by atoms with Crippen molar-refractivity contribution in [2.24, 2.45) is 0 Å². The molecule has 0 bridgehead atoms. The average Bonchev–Trinajstić information content (AvgIpc) is 2.34. The van der Waals surface area contributed by atoms with E-state index in [1.165, 1.54) is 29.7 Å². The number of aromatic nitrogens is 1. The second kappa shape index (κ2) is 5.90. The van der Waals surface area contributed by atoms with Crippen LogP contribution < -0.4 is 0 Å². The fourth-order valence-corrected chi connectivity index (χ4v) is 2.62. The lowest BCUT2D eigenvalue weighted by Crippen LogP contribution is -1.89. The van der Waals surface area contributed by atoms with Gasteiger partial charge in [0.2, 0.25) is 0 Å². The van der Waals surface area contributed by atoms with E-state index in [-0.39, 0.29) is 0 Å². The predicted molar refractivity (Wildman–Crippen MR) is 72.8 cm³/mol. The minimum atomic E-state index is 1.03. The van der Waals surface area contributed by atoms with Gasteiger partial charge in [0.1, 0.15) is 0 Å². The molecule has 0 aliphatic carbocycles. The second-order valence-corrected chi connectivity index (χ2v) is 5.01. The molecule has 0 N–H and O–H groups in total. The maximum Gasteiger partial charge on any atom is 0.0705 e. The van der Waals surface area contributed by atoms with Crippen LogP contribution in [0.1, 0.15) is 25.5 Å². The Bertz CT molecular complexity index is 453. The minimum Gasteiger partial charge on any atom is -0.252 e. The van der Waals surface area contributed by atoms with E-state index >= 15 is 0 Å². The van der Waals surface area contributed by atoms with Crippen LogP contribution in [0.3, 0.4) is 0 Å². The highest BCUT2D eigenvalue weighted by Crippen LogP contribution is 2.16. The van der Waals surface area contributed by atoms with Crippen molar-refractivity contribution >= 4 is 22.7 Å². The molecule has 0 amide bonds. The highest BCUT2D eigenvalue weighted by Gasteiger charge is 1.97. The first kappa shape index (κ1) is 11.5. The van der Waals surface area contributed by atoms with Crippen LogP contribution in [0.25, 0.3) is 10.9 Å². The van der Waals surface area contributed by atoms with Crippen LogP contribution in [0.5, 0.6) is 0 Å². The quantitative estimate of drug-likeness (QED) is 0.713. The third-order valence-corrected chi connectivity index (χ3v) is 3.63. The molecule has 0 saturated heterocycles. The maximum atomic E-state index is 4.65. The summed E-state index contributed by atoms with van der Waals surface area (Å²) in [6.45, 7) is 2.23. The summed E-state index contributed by atoms with van der Waals surface area (Å²) in [6.07, 6.45) is 2.58. The molecule has 0 spiro atoms. The Kier molecular flexibility index (Phi) is 4.23. The van der Waals surface area contributed by atoms with E-state index < -0.39 is 0 Å². The lowest BCUT2D eigenvalue weighted by atomic mass is 10.2. The summed E-state index contributed by atoms with van der Waals surface area (Å²) < 4.78 is 0. The number of unbranched alkanes of at least 4 members (excludes halogenated alkanes) is 1. The average molecular weight is 231 g/mol. The number of rotatable bonds is 5. The third-order valence-electron chi connectivity index (χ3n) is 2.55. The van der Waals surface area contributed by atoms with Gasteiger partial charge in [-0.15, -0.1) is 0 Å². The molecule has 1 heterocycles. The predicted octanol–water partition coefficient (Wildman–Crippen LogP) is 4.27. The van der Waals surface area contributed by atoms with E-state index in [9.17, 15) is 0 Å². The van der Waals surface area contributed by atoms with E-state index in [0.717, 1.165) is 11.3 Å². The molecule has 2 aromatic rings. The normalized spacial score (nSPS) is 10.8. The smallest absolute Gasteiger partial charge is 0.0705 e. The Balaban J connectivity index is 2.02. The van der Waals surface area contributed by atoms with Gasteiger partial charge < -0.3 is 0 Å². The molecule has 1 nitrogen and oxygen atoms in total. The molecule has 16 heavy (non-hydrogen) atoms. The summed E-state index contributed by atoms with van der Waals surface area (Å²) in [7, 11) is 0. The number of benzene rings is 1. The van der Waals surface area contributed by atoms with Gasteiger partial charge in [0.15, 0.2) is 0 Å². The molecular weight excluding hydrogens is 214 g/mol. The molecule has 0 saturated carbocycles. The maximum absolute atomic E-state index is 4.65. The summed E-state index contributed by atoms with van der Waals surface area (Å²) in [5.74, 6) is 2.27. The van der Waals surface area contributed by atoms with Crippen LogP contribution in [0.4, 0.5) is 0 Å². The molecule has 0 aliphatic heterocycles. The molecule has 0 fully saturated rings. The highest BCUT2D eigenvalue weighted by atomic mass is 32.2. The number of hydrogen-bond acceptors (Lipinski definition) is 2. The zero-order chi connectivity index (χ0) is 11.2. The molecule has 0 aliphatic rings. The number of para-hydroxylation sites is 1. The summed E-state index contributed by atoms with van der Waals surface area (Å²) in [6, 6.07) is 12.6. The van der Waals surface area contributed by atoms with Crippen molar-refractivity contribution in [1.29, 1.82) is 0 Å². The van der Waals surface area contributed by atoms with E-state index in [1.54, 1.807) is 0 Å². The molecule has 1 aromatic carbocycles. The van der Waals surface area contributed by atoms with Gasteiger partial charge in [-0.05, 0) is 24.3 Å². The van der Waals surface area contributed by atoms with Gasteiger partial charge in [-0.1, -0.05) is 37.6 Å². The van der Waals surface area contributed by atoms with Gasteiger partial charge in [-0.25, -0.2) is 0 Å². The summed E-state index contributed by atoms with van der Waals surface area (Å²) in [5, 5.41) is 1.23. The first-order chi connectivity index (χ1) is 7.90. The largest absolute Gasteiger partial charge is 0.252 e. The van der Waals surface area contributed by atoms with Crippen LogP contribution >= 0.6 is 11.8 Å². The van der Waals surface area contributed by atoms with Crippen LogP contribution in [0.2, 0.25) is 0 Å². The van der Waals surface area contributed by atoms with Gasteiger partial charge in [-0.2, -0.15) is 11.8 Å². The van der Waals surface area contributed by atoms with E-state index in [2.05, 4.69) is 42.2 Å². The topological polar surface area (TPSA) is 12.9 Å². The van der Waals surface area contributed by atoms with Crippen LogP contribution in [-0.2, 0) is 5.75 Å². The van der Waals surface area contributed by atoms with E-state index in [0.29, 0.717) is 0 Å². The minimum absolute atomic E-state index is 1.03. The number of fused-ring (bicyclic) bond motifs is 1. The third kappa shape index (κ3) is 2.99. The molecular formula is C14H17NS. The van der Waals surface area contributed by atoms with Crippen LogP contribution in [0.15, 0.2) is 36.4 Å². The molecule has 84 valence electrons. The van der Waals surface area contributed by atoms with Gasteiger partial charge in [0, 0.05) is 11.1 Å². The van der Waals surface area contributed by atoms with Crippen LogP contribution in [-0.4, -0.2) is 10.7 Å². The van der Waals surface area contributed by atoms with Gasteiger partial charge in [-0.3, -0.25) is 4.98 Å². The van der Waals surface area contributed by atoms with Crippen molar-refractivity contribution in [3.05, 3.63) is 42.1 Å². The monoisotopic (exact) mass is 231 g/mol. The first-order valence-corrected chi connectivity index (χ1v) is 6.98. The van der Waals surface area contributed by atoms with Crippen molar-refractivity contribution < 1.29 is 0 Å². The van der Waals surface area contributed by atoms with Crippen molar-refractivity contribution in [1.82, 2.24) is 4.98 Å². The molecule has 2 heteroatoms. The fraction of sp³-hybridized carbons (Fsp3) is 0.357. The zero-order valence-electron chi connectivity index (χ0n) is 9.65. The number of nitrogens with zero attached hydrogens (tertiary/aromatic N) is 1. The van der Waals surface area contributed by atoms with Gasteiger partial charge in [0.05, 0.1) is 11.2 Å². The molecule has 0 atom stereocenters. The van der Waals surface area contributed by atoms with E-state index in [4.69, 9.17) is 0 Å². The second-order valence-electron chi connectivity index (χ2n) is 3.90. The summed E-state index contributed by atoms with van der Waals surface area (Å²) >= 11 is 1.98.